The molecule has 0 N–H and O–H groups in total. The molecule has 0 aliphatic carbocycles. The third-order valence-electron chi connectivity index (χ3n) is 5.13. The van der Waals surface area contributed by atoms with Crippen LogP contribution in [0.2, 0.25) is 0 Å². The Kier molecular flexibility index (Phi) is 7.45. The van der Waals surface area contributed by atoms with Crippen molar-refractivity contribution in [1.82, 2.24) is 0 Å². The molecule has 1 saturated heterocycles. The molecule has 0 saturated carbocycles. The van der Waals surface area contributed by atoms with Gasteiger partial charge in [-0.05, 0) is 0 Å². The molecule has 0 amide bonds. The molecule has 35 heavy (non-hydrogen) atoms. The first-order valence-electron chi connectivity index (χ1n) is 8.24. The van der Waals surface area contributed by atoms with E-state index in [4.69, 9.17) is 0 Å². The predicted molar refractivity (Wildman–Crippen MR) is 84.2 cm³/mol. The predicted octanol–water partition coefficient (Wildman–Crippen LogP) is 7.97. The van der Waals surface area contributed by atoms with Gasteiger partial charge >= 0.3 is 183 Å². The van der Waals surface area contributed by atoms with E-state index >= 15 is 0 Å². The number of rotatable bonds is 4. The Labute approximate surface area is 184 Å². The first kappa shape index (κ1) is 32.5. The zero-order chi connectivity index (χ0) is 28.7. The zero-order valence-corrected chi connectivity index (χ0v) is 18.6. The Balaban J connectivity index is 4.29. The molecule has 0 radical (unpaired) electrons. The van der Waals surface area contributed by atoms with E-state index in [1.165, 1.54) is 0 Å². The van der Waals surface area contributed by atoms with Gasteiger partial charge in [0.15, 0.2) is 0 Å². The summed E-state index contributed by atoms with van der Waals surface area (Å²) in [5.74, 6) is 0. The molecule has 1 heterocycles. The third-order valence-corrected chi connectivity index (χ3v) is 14.5. The Morgan fingerprint density at radius 1 is 0.686 bits per heavy atom. The van der Waals surface area contributed by atoms with Crippen molar-refractivity contribution in [2.75, 3.05) is 26.2 Å². The van der Waals surface area contributed by atoms with Gasteiger partial charge in [0, 0.05) is 0 Å². The molecule has 2 nitrogen and oxygen atoms in total. The Bertz CT molecular complexity index is 740. The second-order valence-corrected chi connectivity index (χ2v) is 15.1. The molecule has 1 aliphatic rings. The fraction of sp³-hybridized carbons (Fsp3) is 1.00. The van der Waals surface area contributed by atoms with Crippen LogP contribution in [0.4, 0.5) is 79.0 Å². The molecule has 1 rings (SSSR count). The van der Waals surface area contributed by atoms with Crippen molar-refractivity contribution >= 4 is 15.0 Å². The topological polar surface area (TPSA) is 18.5 Å². The van der Waals surface area contributed by atoms with Crippen molar-refractivity contribution in [3.8, 4) is 0 Å². The molecule has 1 aliphatic heterocycles. The van der Waals surface area contributed by atoms with E-state index in [2.05, 4.69) is 9.05 Å². The Morgan fingerprint density at radius 3 is 1.14 bits per heavy atom. The van der Waals surface area contributed by atoms with Crippen LogP contribution in [-0.4, -0.2) is 79.8 Å². The van der Waals surface area contributed by atoms with Crippen molar-refractivity contribution in [3.05, 3.63) is 0 Å². The molecule has 1 fully saturated rings. The van der Waals surface area contributed by atoms with Crippen LogP contribution < -0.4 is 0 Å². The van der Waals surface area contributed by atoms with Crippen LogP contribution in [0.5, 0.6) is 0 Å². The summed E-state index contributed by atoms with van der Waals surface area (Å²) >= 11 is 0. The summed E-state index contributed by atoms with van der Waals surface area (Å²) in [6, 6.07) is 0. The average Bonchev–Trinajstić information content (AvgIpc) is 2.42. The van der Waals surface area contributed by atoms with Gasteiger partial charge in [-0.1, -0.05) is 0 Å². The normalized spacial score (nSPS) is 23.1. The minimum atomic E-state index is -8.42. The SMILES string of the molecule is CP(C)C(C(F)(F)F)(C(F)(F)F)P1(C)(OC(C(F)(F)F)C(F)(F)F)CC(C(F)(F)F)(C(F)(F)F)O1. The number of alkyl halides is 18. The molecule has 212 valence electrons. The number of hydrogen-bond donors (Lipinski definition) is 0. The van der Waals surface area contributed by atoms with Gasteiger partial charge in [-0.15, -0.1) is 0 Å². The van der Waals surface area contributed by atoms with E-state index in [9.17, 15) is 79.0 Å². The molecule has 0 bridgehead atoms. The van der Waals surface area contributed by atoms with Crippen molar-refractivity contribution in [1.29, 1.82) is 0 Å². The molecule has 0 atom stereocenters. The molecule has 0 unspecified atom stereocenters. The van der Waals surface area contributed by atoms with Gasteiger partial charge < -0.3 is 0 Å². The van der Waals surface area contributed by atoms with Crippen LogP contribution in [0.1, 0.15) is 0 Å². The van der Waals surface area contributed by atoms with Gasteiger partial charge in [0.1, 0.15) is 0 Å². The van der Waals surface area contributed by atoms with Crippen molar-refractivity contribution in [2.45, 2.75) is 53.7 Å². The standard InChI is InChI=1S/C13H12F18O2P2/c1-34(2)9(12(26,27)28,13(29,30)31)35(3,32-5(7(14,15)16)8(17,18)19)4-6(33-35,10(20,21)22)11(23,24)25/h5H,4H2,1-3H3. The maximum atomic E-state index is 14.0. The second-order valence-electron chi connectivity index (χ2n) is 7.78. The van der Waals surface area contributed by atoms with Crippen LogP contribution in [-0.2, 0) is 9.05 Å². The first-order valence-corrected chi connectivity index (χ1v) is 13.2. The van der Waals surface area contributed by atoms with Gasteiger partial charge in [-0.2, -0.15) is 0 Å². The summed E-state index contributed by atoms with van der Waals surface area (Å²) in [4.78, 5) is -6.09. The molecule has 0 aromatic rings. The van der Waals surface area contributed by atoms with Crippen molar-refractivity contribution in [3.63, 3.8) is 0 Å². The van der Waals surface area contributed by atoms with Crippen molar-refractivity contribution in [2.24, 2.45) is 0 Å². The van der Waals surface area contributed by atoms with Crippen LogP contribution >= 0.6 is 15.0 Å². The second kappa shape index (κ2) is 8.01. The van der Waals surface area contributed by atoms with E-state index in [0.29, 0.717) is 0 Å². The summed E-state index contributed by atoms with van der Waals surface area (Å²) in [6.07, 6.45) is -51.2. The van der Waals surface area contributed by atoms with Gasteiger partial charge in [0.25, 0.3) is 0 Å². The van der Waals surface area contributed by atoms with E-state index in [1.54, 1.807) is 0 Å². The van der Waals surface area contributed by atoms with Crippen LogP contribution in [0.25, 0.3) is 0 Å². The Hall–Kier alpha value is -0.480. The fourth-order valence-electron chi connectivity index (χ4n) is 4.07. The number of hydrogen-bond acceptors (Lipinski definition) is 2. The number of halogens is 18. The third kappa shape index (κ3) is 4.55. The van der Waals surface area contributed by atoms with Gasteiger partial charge in [0.2, 0.25) is 0 Å². The maximum absolute atomic E-state index is 14.0. The van der Waals surface area contributed by atoms with Crippen LogP contribution in [0, 0.1) is 0 Å². The van der Waals surface area contributed by atoms with Crippen LogP contribution in [0.15, 0.2) is 0 Å². The molecular formula is C13H12F18O2P2. The van der Waals surface area contributed by atoms with Crippen molar-refractivity contribution < 1.29 is 88.1 Å². The van der Waals surface area contributed by atoms with Crippen LogP contribution in [0.3, 0.4) is 0 Å². The molecule has 0 aromatic heterocycles. The quantitative estimate of drug-likeness (QED) is 0.240. The first-order chi connectivity index (χ1) is 14.8. The summed E-state index contributed by atoms with van der Waals surface area (Å²) in [5, 5.41) is 0. The van der Waals surface area contributed by atoms with Gasteiger partial charge in [-0.25, -0.2) is 0 Å². The summed E-state index contributed by atoms with van der Waals surface area (Å²) < 4.78 is 248. The van der Waals surface area contributed by atoms with E-state index in [1.807, 2.05) is 0 Å². The minimum absolute atomic E-state index is 0.0711. The molecule has 0 aromatic carbocycles. The molecule has 0 spiro atoms. The summed E-state index contributed by atoms with van der Waals surface area (Å²) in [5.41, 5.74) is -5.98. The Morgan fingerprint density at radius 2 is 0.971 bits per heavy atom. The average molecular weight is 604 g/mol. The van der Waals surface area contributed by atoms with Gasteiger partial charge in [-0.3, -0.25) is 0 Å². The van der Waals surface area contributed by atoms with E-state index in [0.717, 1.165) is 0 Å². The monoisotopic (exact) mass is 604 g/mol. The zero-order valence-electron chi connectivity index (χ0n) is 16.8. The summed E-state index contributed by atoms with van der Waals surface area (Å²) in [6.45, 7) is -1.08. The fourth-order valence-corrected chi connectivity index (χ4v) is 14.7. The van der Waals surface area contributed by atoms with Gasteiger partial charge in [0.05, 0.1) is 0 Å². The van der Waals surface area contributed by atoms with E-state index in [-0.39, 0.29) is 13.3 Å². The molecular weight excluding hydrogens is 592 g/mol. The molecule has 22 heteroatoms. The van der Waals surface area contributed by atoms with E-state index < -0.39 is 81.5 Å². The summed E-state index contributed by atoms with van der Waals surface area (Å²) in [7, 11) is -12.6.